The lowest BCUT2D eigenvalue weighted by Crippen LogP contribution is -2.78. The van der Waals surface area contributed by atoms with Crippen LogP contribution in [-0.2, 0) is 52.5 Å². The van der Waals surface area contributed by atoms with E-state index in [0.29, 0.717) is 5.57 Å². The van der Waals surface area contributed by atoms with Gasteiger partial charge in [-0.1, -0.05) is 47.1 Å². The van der Waals surface area contributed by atoms with Gasteiger partial charge in [0.1, 0.15) is 12.2 Å². The first-order chi connectivity index (χ1) is 26.1. The Hall–Kier alpha value is -3.99. The fraction of sp³-hybridized carbons (Fsp3) is 0.725. The predicted molar refractivity (Wildman–Crippen MR) is 192 cm³/mol. The summed E-state index contributed by atoms with van der Waals surface area (Å²) in [5.41, 5.74) is -3.56. The molecule has 308 valence electrons. The lowest BCUT2D eigenvalue weighted by molar-refractivity contribution is -0.340. The van der Waals surface area contributed by atoms with Gasteiger partial charge in [0.25, 0.3) is 11.8 Å². The zero-order valence-corrected chi connectivity index (χ0v) is 32.9. The average molecular weight is 787 g/mol. The molecule has 4 N–H and O–H groups in total. The predicted octanol–water partition coefficient (Wildman–Crippen LogP) is 0.884. The molecule has 6 rings (SSSR count). The lowest BCUT2D eigenvalue weighted by Gasteiger charge is -2.68. The van der Waals surface area contributed by atoms with E-state index in [1.807, 2.05) is 0 Å². The van der Waals surface area contributed by atoms with Crippen molar-refractivity contribution in [3.8, 4) is 0 Å². The number of aliphatic hydroxyl groups excluding tert-OH is 1. The van der Waals surface area contributed by atoms with Crippen molar-refractivity contribution in [1.82, 2.24) is 10.2 Å². The first-order valence-electron chi connectivity index (χ1n) is 19.5. The molecule has 16 nitrogen and oxygen atoms in total. The van der Waals surface area contributed by atoms with Crippen LogP contribution in [0.3, 0.4) is 0 Å². The fourth-order valence-electron chi connectivity index (χ4n) is 11.0. The molecule has 0 radical (unpaired) electrons. The number of hydrogen-bond donors (Lipinski definition) is 4. The van der Waals surface area contributed by atoms with Crippen LogP contribution < -0.4 is 5.32 Å². The summed E-state index contributed by atoms with van der Waals surface area (Å²) in [6.07, 6.45) is -2.41. The van der Waals surface area contributed by atoms with Gasteiger partial charge < -0.3 is 39.6 Å². The number of ether oxygens (including phenoxy) is 4. The Morgan fingerprint density at radius 1 is 1.04 bits per heavy atom. The Morgan fingerprint density at radius 2 is 1.68 bits per heavy atom. The fourth-order valence-corrected chi connectivity index (χ4v) is 11.0. The third kappa shape index (κ3) is 6.40. The summed E-state index contributed by atoms with van der Waals surface area (Å²) in [5, 5.41) is 38.3. The molecule has 2 saturated carbocycles. The van der Waals surface area contributed by atoms with Crippen molar-refractivity contribution in [2.45, 2.75) is 116 Å². The molecule has 2 saturated heterocycles. The second-order valence-electron chi connectivity index (χ2n) is 17.4. The van der Waals surface area contributed by atoms with E-state index in [1.165, 1.54) is 6.08 Å². The SMILES string of the molecule is CC1=CC(=O)[C@@H](OC(=O)CCCC(=O)NCCN2C(=O)C=CC2=O)C2(C)C3[C@]45CO[C@]3(O)[C@H](O)C(C)C4C(OC(=O)CC(O)(C(C)C)C(C)C)C(=O)O[C@@H]5C[C@@H]12. The Labute approximate surface area is 325 Å². The monoisotopic (exact) mass is 786 g/mol. The number of aliphatic hydroxyl groups is 3. The molecule has 6 aliphatic rings. The number of carbonyl (C=O) groups is 7. The Balaban J connectivity index is 1.23. The van der Waals surface area contributed by atoms with Gasteiger partial charge in [-0.25, -0.2) is 4.79 Å². The van der Waals surface area contributed by atoms with Crippen LogP contribution in [0.4, 0.5) is 0 Å². The van der Waals surface area contributed by atoms with E-state index >= 15 is 0 Å². The summed E-state index contributed by atoms with van der Waals surface area (Å²) in [4.78, 5) is 91.7. The van der Waals surface area contributed by atoms with E-state index in [9.17, 15) is 48.9 Å². The van der Waals surface area contributed by atoms with Gasteiger partial charge in [0, 0.05) is 60.7 Å². The zero-order valence-electron chi connectivity index (χ0n) is 32.9. The molecule has 4 fully saturated rings. The molecule has 3 heterocycles. The first kappa shape index (κ1) is 41.6. The lowest BCUT2D eigenvalue weighted by atomic mass is 9.38. The van der Waals surface area contributed by atoms with E-state index in [2.05, 4.69) is 5.32 Å². The van der Waals surface area contributed by atoms with E-state index in [-0.39, 0.29) is 57.2 Å². The highest BCUT2D eigenvalue weighted by Crippen LogP contribution is 2.74. The van der Waals surface area contributed by atoms with Crippen molar-refractivity contribution in [3.05, 3.63) is 23.8 Å². The molecular weight excluding hydrogens is 732 g/mol. The molecule has 2 bridgehead atoms. The molecule has 3 aliphatic heterocycles. The number of allylic oxidation sites excluding steroid dienone is 1. The molecule has 5 unspecified atom stereocenters. The first-order valence-corrected chi connectivity index (χ1v) is 19.5. The molecule has 0 aromatic carbocycles. The average Bonchev–Trinajstić information content (AvgIpc) is 3.59. The molecule has 16 heteroatoms. The summed E-state index contributed by atoms with van der Waals surface area (Å²) in [6, 6.07) is 0. The molecule has 0 aromatic rings. The molecule has 11 atom stereocenters. The Morgan fingerprint density at radius 3 is 2.30 bits per heavy atom. The molecule has 56 heavy (non-hydrogen) atoms. The minimum Gasteiger partial charge on any atom is -0.459 e. The number of ketones is 1. The number of carbonyl (C=O) groups excluding carboxylic acids is 7. The number of nitrogens with zero attached hydrogens (tertiary/aromatic N) is 1. The van der Waals surface area contributed by atoms with Crippen LogP contribution in [0.15, 0.2) is 23.8 Å². The summed E-state index contributed by atoms with van der Waals surface area (Å²) in [5.74, 6) is -10.9. The van der Waals surface area contributed by atoms with E-state index in [4.69, 9.17) is 18.9 Å². The van der Waals surface area contributed by atoms with Crippen LogP contribution in [0.1, 0.15) is 80.6 Å². The van der Waals surface area contributed by atoms with E-state index in [1.54, 1.807) is 48.5 Å². The van der Waals surface area contributed by atoms with Gasteiger partial charge in [-0.15, -0.1) is 0 Å². The number of nitrogens with one attached hydrogen (secondary N) is 1. The molecular formula is C40H54N2O14. The highest BCUT2D eigenvalue weighted by molar-refractivity contribution is 6.12. The number of amides is 3. The largest absolute Gasteiger partial charge is 0.459 e. The van der Waals surface area contributed by atoms with Crippen LogP contribution >= 0.6 is 0 Å². The molecule has 1 spiro atoms. The summed E-state index contributed by atoms with van der Waals surface area (Å²) in [6.45, 7) is 12.0. The van der Waals surface area contributed by atoms with Crippen LogP contribution in [0.5, 0.6) is 0 Å². The van der Waals surface area contributed by atoms with Crippen LogP contribution in [0, 0.1) is 46.3 Å². The van der Waals surface area contributed by atoms with E-state index in [0.717, 1.165) is 17.1 Å². The quantitative estimate of drug-likeness (QED) is 0.115. The van der Waals surface area contributed by atoms with Crippen LogP contribution in [0.2, 0.25) is 0 Å². The third-order valence-electron chi connectivity index (χ3n) is 13.9. The topological polar surface area (TPSA) is 232 Å². The zero-order chi connectivity index (χ0) is 41.3. The number of esters is 3. The normalized spacial score (nSPS) is 37.3. The van der Waals surface area contributed by atoms with Crippen molar-refractivity contribution in [2.24, 2.45) is 46.3 Å². The van der Waals surface area contributed by atoms with Crippen molar-refractivity contribution >= 4 is 41.4 Å². The summed E-state index contributed by atoms with van der Waals surface area (Å²) >= 11 is 0. The van der Waals surface area contributed by atoms with Crippen LogP contribution in [0.25, 0.3) is 0 Å². The maximum atomic E-state index is 13.9. The van der Waals surface area contributed by atoms with Gasteiger partial charge in [0.15, 0.2) is 17.7 Å². The standard InChI is InChI=1S/C40H54N2O14/c1-19(2)39(51,20(3)4)17-30(48)55-32-31-22(6)33(49)40(52)36-37(7)23(16-25(54-35(32)50)38(31,36)18-53-40)21(5)15-24(43)34(37)56-29(47)10-8-9-26(44)41-13-14-42-27(45)11-12-28(42)46/h11-12,15,19-20,22-23,25,31-34,36,49,51-52H,8-10,13-14,16-18H2,1-7H3,(H,41,44)/t22?,23-,25+,31?,32?,33+,34+,36?,37?,38-,40+/m0/s1. The third-order valence-corrected chi connectivity index (χ3v) is 13.9. The van der Waals surface area contributed by atoms with Crippen molar-refractivity contribution < 1.29 is 67.8 Å². The number of fused-ring (bicyclic) bond motifs is 1. The van der Waals surface area contributed by atoms with Crippen molar-refractivity contribution in [2.75, 3.05) is 19.7 Å². The minimum atomic E-state index is -2.28. The second-order valence-corrected chi connectivity index (χ2v) is 17.4. The van der Waals surface area contributed by atoms with E-state index < -0.39 is 118 Å². The minimum absolute atomic E-state index is 0.00909. The molecule has 0 aromatic heterocycles. The van der Waals surface area contributed by atoms with Crippen LogP contribution in [-0.4, -0.2) is 117 Å². The smallest absolute Gasteiger partial charge is 0.348 e. The van der Waals surface area contributed by atoms with Gasteiger partial charge in [-0.3, -0.25) is 33.7 Å². The Bertz CT molecular complexity index is 1730. The van der Waals surface area contributed by atoms with Gasteiger partial charge in [0.2, 0.25) is 12.0 Å². The number of imide groups is 1. The maximum absolute atomic E-state index is 13.9. The second kappa shape index (κ2) is 14.7. The number of hydrogen-bond acceptors (Lipinski definition) is 14. The summed E-state index contributed by atoms with van der Waals surface area (Å²) in [7, 11) is 0. The van der Waals surface area contributed by atoms with Gasteiger partial charge in [0.05, 0.1) is 18.6 Å². The maximum Gasteiger partial charge on any atom is 0.348 e. The summed E-state index contributed by atoms with van der Waals surface area (Å²) < 4.78 is 24.1. The highest BCUT2D eigenvalue weighted by Gasteiger charge is 2.84. The molecule has 3 aliphatic carbocycles. The van der Waals surface area contributed by atoms with Gasteiger partial charge in [-0.2, -0.15) is 0 Å². The Kier molecular flexibility index (Phi) is 11.0. The molecule has 3 amide bonds. The highest BCUT2D eigenvalue weighted by atomic mass is 16.7. The number of rotatable bonds is 13. The van der Waals surface area contributed by atoms with Gasteiger partial charge >= 0.3 is 17.9 Å². The van der Waals surface area contributed by atoms with Crippen molar-refractivity contribution in [3.63, 3.8) is 0 Å². The van der Waals surface area contributed by atoms with Gasteiger partial charge in [-0.05, 0) is 49.5 Å². The van der Waals surface area contributed by atoms with Crippen molar-refractivity contribution in [1.29, 1.82) is 0 Å².